The Hall–Kier alpha value is -1.02. The van der Waals surface area contributed by atoms with Crippen molar-refractivity contribution in [2.24, 2.45) is 0 Å². The molecule has 44 valence electrons. The average Bonchev–Trinajstić information content (AvgIpc) is 1.67. The number of carbonyl (C=O) groups is 1. The van der Waals surface area contributed by atoms with Crippen molar-refractivity contribution in [2.75, 3.05) is 0 Å². The first-order valence-corrected chi connectivity index (χ1v) is 1.76. The van der Waals surface area contributed by atoms with E-state index in [4.69, 9.17) is 5.41 Å². The van der Waals surface area contributed by atoms with Gasteiger partial charge in [-0.05, 0) is 5.87 Å². The van der Waals surface area contributed by atoms with Gasteiger partial charge in [-0.2, -0.15) is 0 Å². The molecule has 0 fully saturated rings. The second-order valence-electron chi connectivity index (χ2n) is 0.992. The van der Waals surface area contributed by atoms with Gasteiger partial charge in [0.05, 0.1) is 0 Å². The number of carbonyl (C=O) groups excluding carboxylic acids is 1. The minimum Gasteiger partial charge on any atom is -0.288 e. The van der Waals surface area contributed by atoms with Crippen molar-refractivity contribution >= 4 is 11.7 Å². The Balaban J connectivity index is 3.84. The maximum absolute atomic E-state index is 11.1. The Kier molecular flexibility index (Phi) is 2.66. The van der Waals surface area contributed by atoms with Crippen molar-refractivity contribution in [1.29, 1.82) is 5.41 Å². The van der Waals surface area contributed by atoms with Gasteiger partial charge in [0.1, 0.15) is 0 Å². The first-order chi connectivity index (χ1) is 3.68. The average molecular weight is 119 g/mol. The van der Waals surface area contributed by atoms with Crippen LogP contribution in [-0.2, 0) is 4.79 Å². The maximum Gasteiger partial charge on any atom is 0.300 e. The van der Waals surface area contributed by atoms with Gasteiger partial charge in [-0.1, -0.05) is 0 Å². The van der Waals surface area contributed by atoms with E-state index in [0.29, 0.717) is 6.08 Å². The Bertz CT molecular complexity index is 137. The molecule has 0 heterocycles. The molecule has 0 aromatic rings. The summed E-state index contributed by atoms with van der Waals surface area (Å²) in [4.78, 5) is 9.75. The molecule has 0 aliphatic carbocycles. The number of nitrogens with one attached hydrogen (secondary N) is 1. The van der Waals surface area contributed by atoms with Gasteiger partial charge in [0.25, 0.3) is 0 Å². The topological polar surface area (TPSA) is 40.9 Å². The molecule has 0 radical (unpaired) electrons. The molecule has 1 N–H and O–H groups in total. The van der Waals surface area contributed by atoms with Gasteiger partial charge in [-0.3, -0.25) is 10.2 Å². The summed E-state index contributed by atoms with van der Waals surface area (Å²) in [5.74, 6) is 0.0693. The van der Waals surface area contributed by atoms with Crippen LogP contribution in [0.5, 0.6) is 0 Å². The van der Waals surface area contributed by atoms with E-state index in [1.165, 1.54) is 5.87 Å². The zero-order valence-electron chi connectivity index (χ0n) is 3.82. The van der Waals surface area contributed by atoms with E-state index in [9.17, 15) is 13.6 Å². The van der Waals surface area contributed by atoms with Gasteiger partial charge in [0.2, 0.25) is 5.78 Å². The molecule has 0 rings (SSSR count). The fourth-order valence-corrected chi connectivity index (χ4v) is 0.134. The Labute approximate surface area is 44.3 Å². The lowest BCUT2D eigenvalue weighted by molar-refractivity contribution is -0.124. The standard InChI is InChI=1S/C4H3F2NO/c5-4(6)3(8)1-2-7/h1,4,7H. The molecule has 0 bridgehead atoms. The normalized spacial score (nSPS) is 8.38. The molecule has 4 heteroatoms. The molecule has 0 amide bonds. The van der Waals surface area contributed by atoms with E-state index >= 15 is 0 Å². The quantitative estimate of drug-likeness (QED) is 0.420. The highest BCUT2D eigenvalue weighted by molar-refractivity contribution is 5.98. The fourth-order valence-electron chi connectivity index (χ4n) is 0.134. The number of rotatable bonds is 2. The SMILES string of the molecule is N=C=CC(=O)C(F)F. The lowest BCUT2D eigenvalue weighted by Gasteiger charge is -1.83. The molecule has 0 saturated heterocycles. The molecule has 0 atom stereocenters. The number of alkyl halides is 2. The number of hydrogen-bond acceptors (Lipinski definition) is 2. The van der Waals surface area contributed by atoms with Crippen LogP contribution in [0.4, 0.5) is 8.78 Å². The van der Waals surface area contributed by atoms with Crippen molar-refractivity contribution < 1.29 is 13.6 Å². The molecule has 0 saturated carbocycles. The predicted molar refractivity (Wildman–Crippen MR) is 23.3 cm³/mol. The van der Waals surface area contributed by atoms with Gasteiger partial charge in [-0.15, -0.1) is 0 Å². The van der Waals surface area contributed by atoms with E-state index in [0.717, 1.165) is 0 Å². The van der Waals surface area contributed by atoms with Gasteiger partial charge >= 0.3 is 6.43 Å². The third-order valence-corrected chi connectivity index (χ3v) is 0.430. The molecule has 0 aromatic heterocycles. The van der Waals surface area contributed by atoms with E-state index in [-0.39, 0.29) is 0 Å². The first kappa shape index (κ1) is 6.98. The van der Waals surface area contributed by atoms with Gasteiger partial charge in [0, 0.05) is 6.08 Å². The monoisotopic (exact) mass is 119 g/mol. The number of halogens is 2. The molecular weight excluding hydrogens is 116 g/mol. The Morgan fingerprint density at radius 2 is 2.25 bits per heavy atom. The molecule has 0 aliphatic heterocycles. The highest BCUT2D eigenvalue weighted by Crippen LogP contribution is 1.92. The maximum atomic E-state index is 11.1. The second kappa shape index (κ2) is 3.04. The molecule has 0 aromatic carbocycles. The van der Waals surface area contributed by atoms with Crippen LogP contribution in [-0.4, -0.2) is 18.1 Å². The zero-order valence-corrected chi connectivity index (χ0v) is 3.82. The van der Waals surface area contributed by atoms with Crippen LogP contribution < -0.4 is 0 Å². The number of allylic oxidation sites excluding steroid dienone is 1. The van der Waals surface area contributed by atoms with E-state index in [1.54, 1.807) is 0 Å². The highest BCUT2D eigenvalue weighted by atomic mass is 19.3. The summed E-state index contributed by atoms with van der Waals surface area (Å²) < 4.78 is 22.2. The van der Waals surface area contributed by atoms with Crippen LogP contribution in [0.25, 0.3) is 0 Å². The molecule has 0 unspecified atom stereocenters. The smallest absolute Gasteiger partial charge is 0.288 e. The molecule has 0 spiro atoms. The predicted octanol–water partition coefficient (Wildman–Crippen LogP) is 0.625. The fraction of sp³-hybridized carbons (Fsp3) is 0.250. The van der Waals surface area contributed by atoms with Crippen LogP contribution in [0, 0.1) is 5.41 Å². The van der Waals surface area contributed by atoms with Crippen LogP contribution in [0.3, 0.4) is 0 Å². The van der Waals surface area contributed by atoms with Crippen LogP contribution in [0.1, 0.15) is 0 Å². The molecule has 8 heavy (non-hydrogen) atoms. The lowest BCUT2D eigenvalue weighted by Crippen LogP contribution is -2.05. The lowest BCUT2D eigenvalue weighted by atomic mass is 10.4. The van der Waals surface area contributed by atoms with Crippen molar-refractivity contribution in [3.8, 4) is 0 Å². The summed E-state index contributed by atoms with van der Waals surface area (Å²) in [5.41, 5.74) is 0. The van der Waals surface area contributed by atoms with Gasteiger partial charge in [0.15, 0.2) is 0 Å². The zero-order chi connectivity index (χ0) is 6.57. The van der Waals surface area contributed by atoms with Gasteiger partial charge < -0.3 is 0 Å². The summed E-state index contributed by atoms with van der Waals surface area (Å²) in [6.07, 6.45) is -2.61. The first-order valence-electron chi connectivity index (χ1n) is 1.76. The minimum absolute atomic E-state index is 0.394. The Morgan fingerprint density at radius 1 is 1.75 bits per heavy atom. The molecule has 2 nitrogen and oxygen atoms in total. The van der Waals surface area contributed by atoms with Crippen molar-refractivity contribution in [3.05, 3.63) is 6.08 Å². The molecular formula is C4H3F2NO. The third-order valence-electron chi connectivity index (χ3n) is 0.430. The van der Waals surface area contributed by atoms with Crippen molar-refractivity contribution in [3.63, 3.8) is 0 Å². The summed E-state index contributed by atoms with van der Waals surface area (Å²) >= 11 is 0. The summed E-state index contributed by atoms with van der Waals surface area (Å²) in [7, 11) is 0. The summed E-state index contributed by atoms with van der Waals surface area (Å²) in [6, 6.07) is 0. The van der Waals surface area contributed by atoms with E-state index in [2.05, 4.69) is 0 Å². The Morgan fingerprint density at radius 3 is 2.38 bits per heavy atom. The molecule has 0 aliphatic rings. The third kappa shape index (κ3) is 2.21. The second-order valence-corrected chi connectivity index (χ2v) is 0.992. The number of ketones is 1. The summed E-state index contributed by atoms with van der Waals surface area (Å²) in [5, 5.41) is 6.07. The minimum atomic E-state index is -3.01. The van der Waals surface area contributed by atoms with Crippen LogP contribution in [0.2, 0.25) is 0 Å². The van der Waals surface area contributed by atoms with Crippen LogP contribution in [0.15, 0.2) is 6.08 Å². The van der Waals surface area contributed by atoms with E-state index in [1.807, 2.05) is 0 Å². The van der Waals surface area contributed by atoms with Crippen molar-refractivity contribution in [2.45, 2.75) is 6.43 Å². The highest BCUT2D eigenvalue weighted by Gasteiger charge is 2.09. The number of hydrogen-bond donors (Lipinski definition) is 1. The van der Waals surface area contributed by atoms with Crippen molar-refractivity contribution in [1.82, 2.24) is 0 Å². The van der Waals surface area contributed by atoms with E-state index < -0.39 is 12.2 Å². The van der Waals surface area contributed by atoms with Gasteiger partial charge in [-0.25, -0.2) is 8.78 Å². The largest absolute Gasteiger partial charge is 0.300 e. The summed E-state index contributed by atoms with van der Waals surface area (Å²) in [6.45, 7) is 0. The van der Waals surface area contributed by atoms with Crippen LogP contribution >= 0.6 is 0 Å².